The molecular formula is C15H27N3O2. The predicted molar refractivity (Wildman–Crippen MR) is 78.3 cm³/mol. The van der Waals surface area contributed by atoms with Crippen LogP contribution in [-0.2, 0) is 9.59 Å². The SMILES string of the molecule is CC(=O)N1CCN(C(=O)CCN2CCC(C)CC2)CC1. The molecule has 0 bridgehead atoms. The summed E-state index contributed by atoms with van der Waals surface area (Å²) in [6.45, 7) is 9.79. The third-order valence-corrected chi connectivity index (χ3v) is 4.60. The second-order valence-electron chi connectivity index (χ2n) is 6.16. The second-order valence-corrected chi connectivity index (χ2v) is 6.16. The van der Waals surface area contributed by atoms with Gasteiger partial charge in [-0.1, -0.05) is 6.92 Å². The number of nitrogens with zero attached hydrogens (tertiary/aromatic N) is 3. The summed E-state index contributed by atoms with van der Waals surface area (Å²) in [6, 6.07) is 0. The van der Waals surface area contributed by atoms with Crippen LogP contribution in [0.15, 0.2) is 0 Å². The summed E-state index contributed by atoms with van der Waals surface area (Å²) in [6.07, 6.45) is 3.13. The minimum absolute atomic E-state index is 0.111. The first-order chi connectivity index (χ1) is 9.56. The highest BCUT2D eigenvalue weighted by molar-refractivity contribution is 5.77. The minimum atomic E-state index is 0.111. The molecule has 0 aromatic rings. The van der Waals surface area contributed by atoms with E-state index in [0.717, 1.165) is 25.6 Å². The van der Waals surface area contributed by atoms with Crippen LogP contribution in [0.1, 0.15) is 33.1 Å². The van der Waals surface area contributed by atoms with E-state index >= 15 is 0 Å². The maximum Gasteiger partial charge on any atom is 0.223 e. The summed E-state index contributed by atoms with van der Waals surface area (Å²) in [4.78, 5) is 29.6. The highest BCUT2D eigenvalue weighted by atomic mass is 16.2. The molecule has 0 unspecified atom stereocenters. The molecule has 2 fully saturated rings. The van der Waals surface area contributed by atoms with E-state index in [9.17, 15) is 9.59 Å². The first-order valence-electron chi connectivity index (χ1n) is 7.82. The van der Waals surface area contributed by atoms with Gasteiger partial charge in [-0.15, -0.1) is 0 Å². The summed E-state index contributed by atoms with van der Waals surface area (Å²) in [5.74, 6) is 1.19. The molecule has 2 saturated heterocycles. The van der Waals surface area contributed by atoms with Crippen molar-refractivity contribution in [3.05, 3.63) is 0 Å². The summed E-state index contributed by atoms with van der Waals surface area (Å²) in [5, 5.41) is 0. The van der Waals surface area contributed by atoms with Crippen molar-refractivity contribution in [1.29, 1.82) is 0 Å². The molecule has 0 saturated carbocycles. The molecule has 114 valence electrons. The molecule has 0 radical (unpaired) electrons. The van der Waals surface area contributed by atoms with Crippen molar-refractivity contribution >= 4 is 11.8 Å². The third kappa shape index (κ3) is 4.20. The average molecular weight is 281 g/mol. The Morgan fingerprint density at radius 1 is 0.950 bits per heavy atom. The number of likely N-dealkylation sites (tertiary alicyclic amines) is 1. The Morgan fingerprint density at radius 2 is 1.50 bits per heavy atom. The molecule has 0 aliphatic carbocycles. The van der Waals surface area contributed by atoms with Gasteiger partial charge in [0, 0.05) is 46.1 Å². The fourth-order valence-electron chi connectivity index (χ4n) is 2.97. The van der Waals surface area contributed by atoms with Crippen LogP contribution >= 0.6 is 0 Å². The third-order valence-electron chi connectivity index (χ3n) is 4.60. The highest BCUT2D eigenvalue weighted by Gasteiger charge is 2.23. The van der Waals surface area contributed by atoms with Gasteiger partial charge in [0.1, 0.15) is 0 Å². The molecule has 5 nitrogen and oxygen atoms in total. The molecule has 5 heteroatoms. The molecule has 2 aliphatic rings. The van der Waals surface area contributed by atoms with Crippen molar-refractivity contribution < 1.29 is 9.59 Å². The zero-order valence-corrected chi connectivity index (χ0v) is 12.8. The lowest BCUT2D eigenvalue weighted by molar-refractivity contribution is -0.138. The molecule has 2 aliphatic heterocycles. The topological polar surface area (TPSA) is 43.9 Å². The standard InChI is InChI=1S/C15H27N3O2/c1-13-3-6-16(7-4-13)8-5-15(20)18-11-9-17(10-12-18)14(2)19/h13H,3-12H2,1-2H3. The van der Waals surface area contributed by atoms with Gasteiger partial charge in [-0.25, -0.2) is 0 Å². The molecule has 2 heterocycles. The lowest BCUT2D eigenvalue weighted by Gasteiger charge is -2.35. The van der Waals surface area contributed by atoms with Crippen molar-refractivity contribution in [2.75, 3.05) is 45.8 Å². The number of amides is 2. The van der Waals surface area contributed by atoms with Gasteiger partial charge >= 0.3 is 0 Å². The molecule has 2 amide bonds. The lowest BCUT2D eigenvalue weighted by atomic mass is 9.99. The normalized spacial score (nSPS) is 22.1. The van der Waals surface area contributed by atoms with Gasteiger partial charge < -0.3 is 14.7 Å². The van der Waals surface area contributed by atoms with Gasteiger partial charge in [0.05, 0.1) is 0 Å². The number of hydrogen-bond acceptors (Lipinski definition) is 3. The summed E-state index contributed by atoms with van der Waals surface area (Å²) >= 11 is 0. The van der Waals surface area contributed by atoms with Crippen molar-refractivity contribution in [3.8, 4) is 0 Å². The van der Waals surface area contributed by atoms with Crippen LogP contribution < -0.4 is 0 Å². The summed E-state index contributed by atoms with van der Waals surface area (Å²) in [5.41, 5.74) is 0. The fraction of sp³-hybridized carbons (Fsp3) is 0.867. The zero-order chi connectivity index (χ0) is 14.5. The molecule has 0 aromatic carbocycles. The lowest BCUT2D eigenvalue weighted by Crippen LogP contribution is -2.50. The van der Waals surface area contributed by atoms with Gasteiger partial charge in [-0.2, -0.15) is 0 Å². The predicted octanol–water partition coefficient (Wildman–Crippen LogP) is 0.799. The van der Waals surface area contributed by atoms with Gasteiger partial charge in [-0.3, -0.25) is 9.59 Å². The maximum atomic E-state index is 12.2. The van der Waals surface area contributed by atoms with Crippen LogP contribution in [0.5, 0.6) is 0 Å². The Kier molecular flexibility index (Phi) is 5.40. The summed E-state index contributed by atoms with van der Waals surface area (Å²) < 4.78 is 0. The van der Waals surface area contributed by atoms with E-state index in [-0.39, 0.29) is 11.8 Å². The Balaban J connectivity index is 1.67. The number of carbonyl (C=O) groups is 2. The molecule has 0 N–H and O–H groups in total. The minimum Gasteiger partial charge on any atom is -0.339 e. The Hall–Kier alpha value is -1.10. The van der Waals surface area contributed by atoms with Gasteiger partial charge in [0.2, 0.25) is 11.8 Å². The smallest absolute Gasteiger partial charge is 0.223 e. The number of carbonyl (C=O) groups excluding carboxylic acids is 2. The number of rotatable bonds is 3. The Morgan fingerprint density at radius 3 is 2.05 bits per heavy atom. The second kappa shape index (κ2) is 7.07. The van der Waals surface area contributed by atoms with Crippen molar-refractivity contribution in [3.63, 3.8) is 0 Å². The first-order valence-corrected chi connectivity index (χ1v) is 7.82. The molecule has 2 rings (SSSR count). The van der Waals surface area contributed by atoms with E-state index in [1.807, 2.05) is 9.80 Å². The van der Waals surface area contributed by atoms with Crippen molar-refractivity contribution in [1.82, 2.24) is 14.7 Å². The Labute approximate surface area is 121 Å². The van der Waals surface area contributed by atoms with E-state index in [2.05, 4.69) is 11.8 Å². The number of piperidine rings is 1. The zero-order valence-electron chi connectivity index (χ0n) is 12.8. The van der Waals surface area contributed by atoms with E-state index in [1.165, 1.54) is 12.8 Å². The highest BCUT2D eigenvalue weighted by Crippen LogP contribution is 2.16. The van der Waals surface area contributed by atoms with E-state index in [4.69, 9.17) is 0 Å². The first kappa shape index (κ1) is 15.3. The van der Waals surface area contributed by atoms with Gasteiger partial charge in [0.25, 0.3) is 0 Å². The van der Waals surface area contributed by atoms with Crippen LogP contribution in [0, 0.1) is 5.92 Å². The van der Waals surface area contributed by atoms with E-state index < -0.39 is 0 Å². The Bertz CT molecular complexity index is 343. The maximum absolute atomic E-state index is 12.2. The summed E-state index contributed by atoms with van der Waals surface area (Å²) in [7, 11) is 0. The number of piperazine rings is 1. The van der Waals surface area contributed by atoms with Crippen LogP contribution in [0.4, 0.5) is 0 Å². The van der Waals surface area contributed by atoms with Gasteiger partial charge in [0.15, 0.2) is 0 Å². The molecule has 20 heavy (non-hydrogen) atoms. The monoisotopic (exact) mass is 281 g/mol. The average Bonchev–Trinajstić information content (AvgIpc) is 2.46. The molecular weight excluding hydrogens is 254 g/mol. The van der Waals surface area contributed by atoms with Gasteiger partial charge in [-0.05, 0) is 31.8 Å². The van der Waals surface area contributed by atoms with Crippen LogP contribution in [-0.4, -0.2) is 72.3 Å². The van der Waals surface area contributed by atoms with Crippen LogP contribution in [0.3, 0.4) is 0 Å². The molecule has 0 spiro atoms. The quantitative estimate of drug-likeness (QED) is 0.768. The van der Waals surface area contributed by atoms with Crippen molar-refractivity contribution in [2.45, 2.75) is 33.1 Å². The largest absolute Gasteiger partial charge is 0.339 e. The molecule has 0 atom stereocenters. The molecule has 0 aromatic heterocycles. The van der Waals surface area contributed by atoms with E-state index in [0.29, 0.717) is 32.6 Å². The van der Waals surface area contributed by atoms with E-state index in [1.54, 1.807) is 6.92 Å². The number of hydrogen-bond donors (Lipinski definition) is 0. The fourth-order valence-corrected chi connectivity index (χ4v) is 2.97. The van der Waals surface area contributed by atoms with Crippen molar-refractivity contribution in [2.24, 2.45) is 5.92 Å². The van der Waals surface area contributed by atoms with Crippen LogP contribution in [0.2, 0.25) is 0 Å². The van der Waals surface area contributed by atoms with Crippen LogP contribution in [0.25, 0.3) is 0 Å².